The molecular weight excluding hydrogens is 245 g/mol. The lowest BCUT2D eigenvalue weighted by Crippen LogP contribution is -2.32. The number of nitrogens with one attached hydrogen (secondary N) is 1. The average molecular weight is 269 g/mol. The topological polar surface area (TPSA) is 41.5 Å². The molecule has 1 aromatic rings. The molecule has 0 aliphatic rings. The van der Waals surface area contributed by atoms with Gasteiger partial charge in [-0.15, -0.1) is 0 Å². The van der Waals surface area contributed by atoms with Crippen LogP contribution in [-0.4, -0.2) is 30.9 Å². The van der Waals surface area contributed by atoms with Crippen LogP contribution in [-0.2, 0) is 6.42 Å². The molecule has 0 amide bonds. The van der Waals surface area contributed by atoms with Crippen molar-refractivity contribution in [3.05, 3.63) is 29.6 Å². The van der Waals surface area contributed by atoms with Crippen LogP contribution in [0.15, 0.2) is 18.2 Å². The molecule has 4 heteroatoms. The van der Waals surface area contributed by atoms with Gasteiger partial charge in [-0.2, -0.15) is 0 Å². The van der Waals surface area contributed by atoms with E-state index in [1.54, 1.807) is 19.1 Å². The van der Waals surface area contributed by atoms with Crippen LogP contribution in [0, 0.1) is 5.82 Å². The fourth-order valence-electron chi connectivity index (χ4n) is 2.01. The standard InChI is InChI=1S/C15H24FNO2/c1-4-8-17-9-7-15(2,18)11-12-5-6-14(19-3)13(16)10-12/h5-6,10,17-18H,4,7-9,11H2,1-3H3. The van der Waals surface area contributed by atoms with Crippen LogP contribution in [0.3, 0.4) is 0 Å². The SMILES string of the molecule is CCCNCCC(C)(O)Cc1ccc(OC)c(F)c1. The summed E-state index contributed by atoms with van der Waals surface area (Å²) >= 11 is 0. The second-order valence-electron chi connectivity index (χ2n) is 5.14. The smallest absolute Gasteiger partial charge is 0.165 e. The molecule has 0 aromatic heterocycles. The van der Waals surface area contributed by atoms with Crippen molar-refractivity contribution in [1.82, 2.24) is 5.32 Å². The molecule has 1 rings (SSSR count). The second-order valence-corrected chi connectivity index (χ2v) is 5.14. The summed E-state index contributed by atoms with van der Waals surface area (Å²) < 4.78 is 18.4. The molecule has 1 aromatic carbocycles. The number of benzene rings is 1. The van der Waals surface area contributed by atoms with Gasteiger partial charge in [-0.25, -0.2) is 4.39 Å². The van der Waals surface area contributed by atoms with Gasteiger partial charge in [0.1, 0.15) is 0 Å². The Morgan fingerprint density at radius 2 is 2.11 bits per heavy atom. The molecule has 3 nitrogen and oxygen atoms in total. The van der Waals surface area contributed by atoms with Crippen molar-refractivity contribution < 1.29 is 14.2 Å². The van der Waals surface area contributed by atoms with Gasteiger partial charge in [-0.1, -0.05) is 13.0 Å². The average Bonchev–Trinajstić information content (AvgIpc) is 2.34. The van der Waals surface area contributed by atoms with Crippen LogP contribution < -0.4 is 10.1 Å². The summed E-state index contributed by atoms with van der Waals surface area (Å²) in [7, 11) is 1.44. The minimum Gasteiger partial charge on any atom is -0.494 e. The minimum atomic E-state index is -0.832. The zero-order chi connectivity index (χ0) is 14.3. The first kappa shape index (κ1) is 15.9. The molecular formula is C15H24FNO2. The Morgan fingerprint density at radius 1 is 1.37 bits per heavy atom. The Hall–Kier alpha value is -1.13. The molecule has 0 aliphatic carbocycles. The third kappa shape index (κ3) is 5.57. The first-order valence-electron chi connectivity index (χ1n) is 6.74. The fraction of sp³-hybridized carbons (Fsp3) is 0.600. The summed E-state index contributed by atoms with van der Waals surface area (Å²) in [5.41, 5.74) is -0.0549. The van der Waals surface area contributed by atoms with Crippen molar-refractivity contribution in [3.63, 3.8) is 0 Å². The van der Waals surface area contributed by atoms with E-state index in [0.29, 0.717) is 12.8 Å². The predicted molar refractivity (Wildman–Crippen MR) is 75.1 cm³/mol. The van der Waals surface area contributed by atoms with Gasteiger partial charge < -0.3 is 15.2 Å². The summed E-state index contributed by atoms with van der Waals surface area (Å²) in [6.07, 6.45) is 2.15. The number of methoxy groups -OCH3 is 1. The van der Waals surface area contributed by atoms with Crippen molar-refractivity contribution in [3.8, 4) is 5.75 Å². The van der Waals surface area contributed by atoms with Gasteiger partial charge in [-0.05, 0) is 50.6 Å². The number of halogens is 1. The fourth-order valence-corrected chi connectivity index (χ4v) is 2.01. The highest BCUT2D eigenvalue weighted by molar-refractivity contribution is 5.30. The lowest BCUT2D eigenvalue weighted by molar-refractivity contribution is 0.0515. The van der Waals surface area contributed by atoms with Gasteiger partial charge in [0.05, 0.1) is 12.7 Å². The molecule has 0 heterocycles. The van der Waals surface area contributed by atoms with Crippen LogP contribution in [0.1, 0.15) is 32.3 Å². The number of hydrogen-bond donors (Lipinski definition) is 2. The highest BCUT2D eigenvalue weighted by Crippen LogP contribution is 2.22. The molecule has 0 aliphatic heterocycles. The maximum absolute atomic E-state index is 13.6. The maximum Gasteiger partial charge on any atom is 0.165 e. The molecule has 0 saturated carbocycles. The molecule has 108 valence electrons. The number of aliphatic hydroxyl groups is 1. The van der Waals surface area contributed by atoms with Crippen LogP contribution in [0.5, 0.6) is 5.75 Å². The van der Waals surface area contributed by atoms with E-state index in [1.165, 1.54) is 13.2 Å². The van der Waals surface area contributed by atoms with E-state index in [4.69, 9.17) is 4.74 Å². The Labute approximate surface area is 114 Å². The van der Waals surface area contributed by atoms with Gasteiger partial charge in [0.2, 0.25) is 0 Å². The quantitative estimate of drug-likeness (QED) is 0.713. The first-order valence-corrected chi connectivity index (χ1v) is 6.74. The van der Waals surface area contributed by atoms with E-state index in [0.717, 1.165) is 25.1 Å². The predicted octanol–water partition coefficient (Wildman–Crippen LogP) is 2.52. The molecule has 1 atom stereocenters. The summed E-state index contributed by atoms with van der Waals surface area (Å²) in [6.45, 7) is 5.60. The normalized spacial score (nSPS) is 14.2. The largest absolute Gasteiger partial charge is 0.494 e. The van der Waals surface area contributed by atoms with Crippen molar-refractivity contribution in [2.45, 2.75) is 38.7 Å². The van der Waals surface area contributed by atoms with E-state index in [-0.39, 0.29) is 11.6 Å². The van der Waals surface area contributed by atoms with Gasteiger partial charge >= 0.3 is 0 Å². The first-order chi connectivity index (χ1) is 8.98. The number of rotatable bonds is 8. The van der Waals surface area contributed by atoms with E-state index in [1.807, 2.05) is 0 Å². The van der Waals surface area contributed by atoms with Crippen molar-refractivity contribution in [2.24, 2.45) is 0 Å². The molecule has 0 saturated heterocycles. The molecule has 0 fully saturated rings. The zero-order valence-corrected chi connectivity index (χ0v) is 12.0. The molecule has 19 heavy (non-hydrogen) atoms. The monoisotopic (exact) mass is 269 g/mol. The lowest BCUT2D eigenvalue weighted by atomic mass is 9.93. The van der Waals surface area contributed by atoms with E-state index < -0.39 is 5.60 Å². The maximum atomic E-state index is 13.6. The van der Waals surface area contributed by atoms with Gasteiger partial charge in [-0.3, -0.25) is 0 Å². The zero-order valence-electron chi connectivity index (χ0n) is 12.0. The molecule has 0 bridgehead atoms. The van der Waals surface area contributed by atoms with Gasteiger partial charge in [0, 0.05) is 6.42 Å². The Kier molecular flexibility index (Phi) is 6.25. The molecule has 2 N–H and O–H groups in total. The van der Waals surface area contributed by atoms with Crippen LogP contribution in [0.4, 0.5) is 4.39 Å². The lowest BCUT2D eigenvalue weighted by Gasteiger charge is -2.23. The summed E-state index contributed by atoms with van der Waals surface area (Å²) in [6, 6.07) is 4.80. The van der Waals surface area contributed by atoms with Crippen molar-refractivity contribution in [1.29, 1.82) is 0 Å². The molecule has 0 spiro atoms. The van der Waals surface area contributed by atoms with E-state index in [9.17, 15) is 9.50 Å². The summed E-state index contributed by atoms with van der Waals surface area (Å²) in [5.74, 6) is -0.159. The van der Waals surface area contributed by atoms with Crippen LogP contribution in [0.25, 0.3) is 0 Å². The number of hydrogen-bond acceptors (Lipinski definition) is 3. The summed E-state index contributed by atoms with van der Waals surface area (Å²) in [5, 5.41) is 13.5. The third-order valence-electron chi connectivity index (χ3n) is 3.07. The van der Waals surface area contributed by atoms with Crippen molar-refractivity contribution >= 4 is 0 Å². The Morgan fingerprint density at radius 3 is 2.68 bits per heavy atom. The van der Waals surface area contributed by atoms with Gasteiger partial charge in [0.25, 0.3) is 0 Å². The third-order valence-corrected chi connectivity index (χ3v) is 3.07. The molecule has 1 unspecified atom stereocenters. The minimum absolute atomic E-state index is 0.230. The van der Waals surface area contributed by atoms with E-state index >= 15 is 0 Å². The highest BCUT2D eigenvalue weighted by atomic mass is 19.1. The second kappa shape index (κ2) is 7.46. The molecule has 0 radical (unpaired) electrons. The van der Waals surface area contributed by atoms with Gasteiger partial charge in [0.15, 0.2) is 11.6 Å². The Balaban J connectivity index is 2.54. The summed E-state index contributed by atoms with van der Waals surface area (Å²) in [4.78, 5) is 0. The number of ether oxygens (including phenoxy) is 1. The van der Waals surface area contributed by atoms with Crippen LogP contribution in [0.2, 0.25) is 0 Å². The van der Waals surface area contributed by atoms with Crippen LogP contribution >= 0.6 is 0 Å². The van der Waals surface area contributed by atoms with Crippen molar-refractivity contribution in [2.75, 3.05) is 20.2 Å². The van der Waals surface area contributed by atoms with E-state index in [2.05, 4.69) is 12.2 Å². The highest BCUT2D eigenvalue weighted by Gasteiger charge is 2.21. The Bertz CT molecular complexity index is 394.